The molecule has 6 nitrogen and oxygen atoms in total. The van der Waals surface area contributed by atoms with Crippen LogP contribution >= 0.6 is 0 Å². The molecular weight excluding hydrogens is 270 g/mol. The molecule has 0 atom stereocenters. The van der Waals surface area contributed by atoms with E-state index in [4.69, 9.17) is 5.11 Å². The molecule has 108 valence electrons. The van der Waals surface area contributed by atoms with Crippen molar-refractivity contribution in [3.8, 4) is 0 Å². The van der Waals surface area contributed by atoms with Gasteiger partial charge in [-0.25, -0.2) is 9.59 Å². The summed E-state index contributed by atoms with van der Waals surface area (Å²) in [5, 5.41) is 14.3. The van der Waals surface area contributed by atoms with Crippen molar-refractivity contribution in [2.75, 3.05) is 10.6 Å². The van der Waals surface area contributed by atoms with Crippen molar-refractivity contribution in [3.63, 3.8) is 0 Å². The maximum atomic E-state index is 12.0. The van der Waals surface area contributed by atoms with Crippen molar-refractivity contribution in [1.82, 2.24) is 4.98 Å². The van der Waals surface area contributed by atoms with Crippen LogP contribution in [-0.4, -0.2) is 22.1 Å². The molecule has 0 saturated carbocycles. The van der Waals surface area contributed by atoms with Gasteiger partial charge in [0, 0.05) is 11.9 Å². The SMILES string of the molecule is Cc1ccc(C(=O)O)cc1NC(=O)Nc1cccnc1C. The van der Waals surface area contributed by atoms with Crippen LogP contribution in [0.5, 0.6) is 0 Å². The number of carbonyl (C=O) groups excluding carboxylic acids is 1. The summed E-state index contributed by atoms with van der Waals surface area (Å²) in [5.74, 6) is -1.04. The molecule has 0 aliphatic carbocycles. The Morgan fingerprint density at radius 3 is 2.48 bits per heavy atom. The van der Waals surface area contributed by atoms with Gasteiger partial charge in [0.15, 0.2) is 0 Å². The van der Waals surface area contributed by atoms with E-state index in [1.807, 2.05) is 0 Å². The van der Waals surface area contributed by atoms with Crippen molar-refractivity contribution < 1.29 is 14.7 Å². The van der Waals surface area contributed by atoms with Gasteiger partial charge in [0.1, 0.15) is 0 Å². The van der Waals surface area contributed by atoms with Crippen LogP contribution in [0, 0.1) is 13.8 Å². The fourth-order valence-electron chi connectivity index (χ4n) is 1.78. The van der Waals surface area contributed by atoms with Gasteiger partial charge in [-0.05, 0) is 43.7 Å². The molecule has 21 heavy (non-hydrogen) atoms. The highest BCUT2D eigenvalue weighted by Crippen LogP contribution is 2.18. The highest BCUT2D eigenvalue weighted by molar-refractivity contribution is 6.01. The first-order valence-electron chi connectivity index (χ1n) is 6.31. The van der Waals surface area contributed by atoms with Crippen LogP contribution in [0.2, 0.25) is 0 Å². The van der Waals surface area contributed by atoms with Gasteiger partial charge in [-0.2, -0.15) is 0 Å². The van der Waals surface area contributed by atoms with Crippen LogP contribution in [0.3, 0.4) is 0 Å². The van der Waals surface area contributed by atoms with Crippen LogP contribution in [0.25, 0.3) is 0 Å². The van der Waals surface area contributed by atoms with Crippen LogP contribution in [-0.2, 0) is 0 Å². The maximum absolute atomic E-state index is 12.0. The Kier molecular flexibility index (Phi) is 4.18. The number of rotatable bonds is 3. The molecule has 0 aliphatic heterocycles. The number of carboxylic acids is 1. The van der Waals surface area contributed by atoms with E-state index in [0.29, 0.717) is 17.1 Å². The van der Waals surface area contributed by atoms with Crippen LogP contribution in [0.15, 0.2) is 36.5 Å². The third-order valence-corrected chi connectivity index (χ3v) is 2.99. The lowest BCUT2D eigenvalue weighted by molar-refractivity contribution is 0.0697. The second kappa shape index (κ2) is 6.04. The fraction of sp³-hybridized carbons (Fsp3) is 0.133. The first kappa shape index (κ1) is 14.5. The summed E-state index contributed by atoms with van der Waals surface area (Å²) in [6.07, 6.45) is 1.64. The second-order valence-electron chi connectivity index (χ2n) is 4.55. The number of aromatic nitrogens is 1. The number of pyridine rings is 1. The lowest BCUT2D eigenvalue weighted by Gasteiger charge is -2.11. The Bertz CT molecular complexity index is 698. The standard InChI is InChI=1S/C15H15N3O3/c1-9-5-6-11(14(19)20)8-13(9)18-15(21)17-12-4-3-7-16-10(12)2/h3-8H,1-2H3,(H,19,20)(H2,17,18,21). The number of amides is 2. The normalized spacial score (nSPS) is 10.0. The molecule has 0 saturated heterocycles. The quantitative estimate of drug-likeness (QED) is 0.808. The van der Waals surface area contributed by atoms with Crippen molar-refractivity contribution in [1.29, 1.82) is 0 Å². The molecule has 0 radical (unpaired) electrons. The third-order valence-electron chi connectivity index (χ3n) is 2.99. The number of aromatic carboxylic acids is 1. The first-order valence-corrected chi connectivity index (χ1v) is 6.31. The highest BCUT2D eigenvalue weighted by atomic mass is 16.4. The molecule has 6 heteroatoms. The summed E-state index contributed by atoms with van der Waals surface area (Å²) in [6.45, 7) is 3.57. The molecular formula is C15H15N3O3. The number of nitrogens with one attached hydrogen (secondary N) is 2. The highest BCUT2D eigenvalue weighted by Gasteiger charge is 2.10. The smallest absolute Gasteiger partial charge is 0.335 e. The van der Waals surface area contributed by atoms with Gasteiger partial charge >= 0.3 is 12.0 Å². The van der Waals surface area contributed by atoms with E-state index in [0.717, 1.165) is 5.56 Å². The lowest BCUT2D eigenvalue weighted by Crippen LogP contribution is -2.21. The Morgan fingerprint density at radius 1 is 1.10 bits per heavy atom. The lowest BCUT2D eigenvalue weighted by atomic mass is 10.1. The van der Waals surface area contributed by atoms with Crippen LogP contribution < -0.4 is 10.6 Å². The minimum Gasteiger partial charge on any atom is -0.478 e. The van der Waals surface area contributed by atoms with Gasteiger partial charge in [-0.15, -0.1) is 0 Å². The molecule has 2 amide bonds. The molecule has 0 unspecified atom stereocenters. The number of nitrogens with zero attached hydrogens (tertiary/aromatic N) is 1. The van der Waals surface area contributed by atoms with Gasteiger partial charge in [-0.3, -0.25) is 4.98 Å². The largest absolute Gasteiger partial charge is 0.478 e. The van der Waals surface area contributed by atoms with E-state index in [1.165, 1.54) is 12.1 Å². The second-order valence-corrected chi connectivity index (χ2v) is 4.55. The molecule has 1 heterocycles. The summed E-state index contributed by atoms with van der Waals surface area (Å²) >= 11 is 0. The number of carbonyl (C=O) groups is 2. The van der Waals surface area contributed by atoms with E-state index < -0.39 is 12.0 Å². The van der Waals surface area contributed by atoms with E-state index >= 15 is 0 Å². The Hall–Kier alpha value is -2.89. The number of anilines is 2. The Morgan fingerprint density at radius 2 is 1.81 bits per heavy atom. The van der Waals surface area contributed by atoms with E-state index in [-0.39, 0.29) is 5.56 Å². The van der Waals surface area contributed by atoms with Gasteiger partial charge < -0.3 is 15.7 Å². The predicted octanol–water partition coefficient (Wildman–Crippen LogP) is 3.04. The van der Waals surface area contributed by atoms with Crippen molar-refractivity contribution >= 4 is 23.4 Å². The van der Waals surface area contributed by atoms with Crippen LogP contribution in [0.1, 0.15) is 21.6 Å². The molecule has 2 aromatic rings. The molecule has 0 spiro atoms. The molecule has 0 aliphatic rings. The van der Waals surface area contributed by atoms with Crippen molar-refractivity contribution in [2.45, 2.75) is 13.8 Å². The molecule has 1 aromatic heterocycles. The first-order chi connectivity index (χ1) is 9.97. The van der Waals surface area contributed by atoms with Gasteiger partial charge in [0.25, 0.3) is 0 Å². The Balaban J connectivity index is 2.15. The molecule has 3 N–H and O–H groups in total. The van der Waals surface area contributed by atoms with Crippen LogP contribution in [0.4, 0.5) is 16.2 Å². The summed E-state index contributed by atoms with van der Waals surface area (Å²) in [4.78, 5) is 27.0. The molecule has 1 aromatic carbocycles. The predicted molar refractivity (Wildman–Crippen MR) is 79.8 cm³/mol. The zero-order valence-electron chi connectivity index (χ0n) is 11.7. The zero-order valence-corrected chi connectivity index (χ0v) is 11.7. The van der Waals surface area contributed by atoms with E-state index in [2.05, 4.69) is 15.6 Å². The monoisotopic (exact) mass is 285 g/mol. The number of benzene rings is 1. The minimum atomic E-state index is -1.04. The molecule has 0 fully saturated rings. The topological polar surface area (TPSA) is 91.3 Å². The number of hydrogen-bond acceptors (Lipinski definition) is 3. The average Bonchev–Trinajstić information content (AvgIpc) is 2.43. The maximum Gasteiger partial charge on any atom is 0.335 e. The number of hydrogen-bond donors (Lipinski definition) is 3. The van der Waals surface area contributed by atoms with E-state index in [1.54, 1.807) is 38.2 Å². The van der Waals surface area contributed by atoms with Gasteiger partial charge in [0.05, 0.1) is 16.9 Å². The average molecular weight is 285 g/mol. The van der Waals surface area contributed by atoms with Crippen molar-refractivity contribution in [3.05, 3.63) is 53.3 Å². The van der Waals surface area contributed by atoms with Crippen molar-refractivity contribution in [2.24, 2.45) is 0 Å². The summed E-state index contributed by atoms with van der Waals surface area (Å²) in [6, 6.07) is 7.58. The van der Waals surface area contributed by atoms with Gasteiger partial charge in [-0.1, -0.05) is 6.07 Å². The number of urea groups is 1. The van der Waals surface area contributed by atoms with Gasteiger partial charge in [0.2, 0.25) is 0 Å². The zero-order chi connectivity index (χ0) is 15.4. The summed E-state index contributed by atoms with van der Waals surface area (Å²) in [7, 11) is 0. The molecule has 2 rings (SSSR count). The number of carboxylic acid groups (broad SMARTS) is 1. The third kappa shape index (κ3) is 3.56. The minimum absolute atomic E-state index is 0.119. The fourth-order valence-corrected chi connectivity index (χ4v) is 1.78. The molecule has 0 bridgehead atoms. The summed E-state index contributed by atoms with van der Waals surface area (Å²) < 4.78 is 0. The summed E-state index contributed by atoms with van der Waals surface area (Å²) in [5.41, 5.74) is 2.64. The van der Waals surface area contributed by atoms with E-state index in [9.17, 15) is 9.59 Å². The Labute approximate surface area is 121 Å². The number of aryl methyl sites for hydroxylation is 2.